The van der Waals surface area contributed by atoms with E-state index in [1.54, 1.807) is 13.1 Å². The van der Waals surface area contributed by atoms with Crippen LogP contribution in [0.4, 0.5) is 11.6 Å². The summed E-state index contributed by atoms with van der Waals surface area (Å²) in [7, 11) is 1.68. The number of carbonyl (C=O) groups excluding carboxylic acids is 1. The molecule has 4 N–H and O–H groups in total. The maximum Gasteiger partial charge on any atom is 0.261 e. The van der Waals surface area contributed by atoms with Gasteiger partial charge in [-0.05, 0) is 13.0 Å². The molecular weight excluding hydrogens is 234 g/mol. The maximum absolute atomic E-state index is 12.0. The largest absolute Gasteiger partial charge is 0.323 e. The van der Waals surface area contributed by atoms with Crippen molar-refractivity contribution in [3.05, 3.63) is 29.8 Å². The van der Waals surface area contributed by atoms with Crippen LogP contribution in [0.5, 0.6) is 0 Å². The summed E-state index contributed by atoms with van der Waals surface area (Å²) in [5.41, 5.74) is 4.07. The minimum Gasteiger partial charge on any atom is -0.323 e. The molecule has 0 aliphatic carbocycles. The summed E-state index contributed by atoms with van der Waals surface area (Å²) in [5, 5.41) is 6.47. The normalized spacial score (nSPS) is 10.2. The number of amides is 1. The average molecular weight is 247 g/mol. The van der Waals surface area contributed by atoms with E-state index in [4.69, 9.17) is 5.84 Å². The number of carbonyl (C=O) groups is 1. The molecule has 2 aromatic heterocycles. The molecule has 8 heteroatoms. The van der Waals surface area contributed by atoms with E-state index < -0.39 is 0 Å². The first-order valence-electron chi connectivity index (χ1n) is 5.20. The molecule has 0 aliphatic heterocycles. The molecule has 0 fully saturated rings. The van der Waals surface area contributed by atoms with Crippen molar-refractivity contribution in [1.29, 1.82) is 0 Å². The van der Waals surface area contributed by atoms with Gasteiger partial charge in [-0.15, -0.1) is 0 Å². The molecule has 0 unspecified atom stereocenters. The monoisotopic (exact) mass is 247 g/mol. The number of nitrogens with two attached hydrogens (primary N) is 1. The molecule has 0 bridgehead atoms. The van der Waals surface area contributed by atoms with E-state index in [0.717, 1.165) is 5.69 Å². The number of aromatic nitrogens is 4. The van der Waals surface area contributed by atoms with Gasteiger partial charge in [-0.1, -0.05) is 0 Å². The van der Waals surface area contributed by atoms with Crippen molar-refractivity contribution in [2.75, 3.05) is 10.7 Å². The summed E-state index contributed by atoms with van der Waals surface area (Å²) in [5.74, 6) is 5.37. The fourth-order valence-electron chi connectivity index (χ4n) is 1.44. The molecule has 2 rings (SSSR count). The molecule has 0 saturated carbocycles. The van der Waals surface area contributed by atoms with E-state index >= 15 is 0 Å². The van der Waals surface area contributed by atoms with E-state index in [-0.39, 0.29) is 5.91 Å². The molecule has 0 radical (unpaired) electrons. The van der Waals surface area contributed by atoms with Crippen LogP contribution in [0.2, 0.25) is 0 Å². The Balaban J connectivity index is 2.26. The van der Waals surface area contributed by atoms with E-state index in [1.165, 1.54) is 17.2 Å². The van der Waals surface area contributed by atoms with Crippen LogP contribution in [0.1, 0.15) is 16.1 Å². The van der Waals surface area contributed by atoms with Crippen LogP contribution in [0.15, 0.2) is 18.6 Å². The molecule has 1 amide bonds. The Morgan fingerprint density at radius 3 is 2.83 bits per heavy atom. The second-order valence-electron chi connectivity index (χ2n) is 3.68. The third-order valence-corrected chi connectivity index (χ3v) is 2.38. The van der Waals surface area contributed by atoms with Crippen LogP contribution in [-0.4, -0.2) is 25.7 Å². The standard InChI is InChI=1S/C10H13N7O/c1-6-3-8(16-11)7(4-12-6)9(18)15-10-13-5-14-17(10)2/h3-5H,11H2,1-2H3,(H,12,16)(H,13,14,15,18). The highest BCUT2D eigenvalue weighted by Crippen LogP contribution is 2.15. The summed E-state index contributed by atoms with van der Waals surface area (Å²) in [4.78, 5) is 20.0. The number of pyridine rings is 1. The van der Waals surface area contributed by atoms with Gasteiger partial charge in [-0.25, -0.2) is 4.68 Å². The van der Waals surface area contributed by atoms with E-state index in [9.17, 15) is 4.79 Å². The lowest BCUT2D eigenvalue weighted by molar-refractivity contribution is 0.102. The molecule has 0 spiro atoms. The first-order valence-corrected chi connectivity index (χ1v) is 5.20. The topological polar surface area (TPSA) is 111 Å². The van der Waals surface area contributed by atoms with Crippen LogP contribution in [0.3, 0.4) is 0 Å². The predicted octanol–water partition coefficient (Wildman–Crippen LogP) is 0.0564. The molecule has 8 nitrogen and oxygen atoms in total. The lowest BCUT2D eigenvalue weighted by Gasteiger charge is -2.09. The Kier molecular flexibility index (Phi) is 3.20. The zero-order valence-corrected chi connectivity index (χ0v) is 10.0. The number of nitrogens with one attached hydrogen (secondary N) is 2. The number of nitrogen functional groups attached to an aromatic ring is 1. The molecule has 0 aliphatic rings. The summed E-state index contributed by atoms with van der Waals surface area (Å²) >= 11 is 0. The van der Waals surface area contributed by atoms with Gasteiger partial charge in [0.05, 0.1) is 11.3 Å². The number of aryl methyl sites for hydroxylation is 2. The third kappa shape index (κ3) is 2.28. The van der Waals surface area contributed by atoms with Crippen LogP contribution in [0.25, 0.3) is 0 Å². The van der Waals surface area contributed by atoms with Gasteiger partial charge in [-0.3, -0.25) is 20.9 Å². The van der Waals surface area contributed by atoms with E-state index in [1.807, 2.05) is 6.92 Å². The molecular formula is C10H13N7O. The van der Waals surface area contributed by atoms with Crippen LogP contribution in [-0.2, 0) is 7.05 Å². The maximum atomic E-state index is 12.0. The molecule has 2 heterocycles. The van der Waals surface area contributed by atoms with Gasteiger partial charge in [0.25, 0.3) is 5.91 Å². The fraction of sp³-hybridized carbons (Fsp3) is 0.200. The lowest BCUT2D eigenvalue weighted by atomic mass is 10.2. The second kappa shape index (κ2) is 4.80. The highest BCUT2D eigenvalue weighted by molar-refractivity contribution is 6.07. The Bertz CT molecular complexity index is 577. The predicted molar refractivity (Wildman–Crippen MR) is 65.7 cm³/mol. The van der Waals surface area contributed by atoms with Gasteiger partial charge >= 0.3 is 0 Å². The van der Waals surface area contributed by atoms with E-state index in [2.05, 4.69) is 25.8 Å². The van der Waals surface area contributed by atoms with Crippen molar-refractivity contribution in [2.45, 2.75) is 6.92 Å². The van der Waals surface area contributed by atoms with Crippen molar-refractivity contribution in [1.82, 2.24) is 19.7 Å². The van der Waals surface area contributed by atoms with Gasteiger partial charge in [0, 0.05) is 18.9 Å². The Morgan fingerprint density at radius 2 is 2.22 bits per heavy atom. The zero-order valence-electron chi connectivity index (χ0n) is 10.0. The van der Waals surface area contributed by atoms with Crippen molar-refractivity contribution in [3.63, 3.8) is 0 Å². The summed E-state index contributed by atoms with van der Waals surface area (Å²) in [6, 6.07) is 1.69. The minimum atomic E-state index is -0.355. The Morgan fingerprint density at radius 1 is 1.44 bits per heavy atom. The molecule has 0 aromatic carbocycles. The van der Waals surface area contributed by atoms with Gasteiger partial charge in [0.2, 0.25) is 5.95 Å². The third-order valence-electron chi connectivity index (χ3n) is 2.38. The molecule has 0 atom stereocenters. The Hall–Kier alpha value is -2.48. The van der Waals surface area contributed by atoms with Crippen molar-refractivity contribution < 1.29 is 4.79 Å². The van der Waals surface area contributed by atoms with Crippen LogP contribution >= 0.6 is 0 Å². The molecule has 18 heavy (non-hydrogen) atoms. The lowest BCUT2D eigenvalue weighted by Crippen LogP contribution is -2.19. The highest BCUT2D eigenvalue weighted by Gasteiger charge is 2.14. The first kappa shape index (κ1) is 12.0. The minimum absolute atomic E-state index is 0.339. The average Bonchev–Trinajstić information content (AvgIpc) is 2.74. The van der Waals surface area contributed by atoms with Crippen molar-refractivity contribution in [3.8, 4) is 0 Å². The van der Waals surface area contributed by atoms with Gasteiger partial charge in [0.15, 0.2) is 0 Å². The van der Waals surface area contributed by atoms with Crippen molar-refractivity contribution >= 4 is 17.5 Å². The number of rotatable bonds is 3. The van der Waals surface area contributed by atoms with Gasteiger partial charge in [0.1, 0.15) is 6.33 Å². The zero-order chi connectivity index (χ0) is 13.1. The van der Waals surface area contributed by atoms with Gasteiger partial charge in [-0.2, -0.15) is 10.1 Å². The van der Waals surface area contributed by atoms with Crippen LogP contribution in [0, 0.1) is 6.92 Å². The summed E-state index contributed by atoms with van der Waals surface area (Å²) in [6.45, 7) is 1.81. The summed E-state index contributed by atoms with van der Waals surface area (Å²) < 4.78 is 1.45. The number of nitrogens with zero attached hydrogens (tertiary/aromatic N) is 4. The smallest absolute Gasteiger partial charge is 0.261 e. The van der Waals surface area contributed by atoms with E-state index in [0.29, 0.717) is 17.2 Å². The quantitative estimate of drug-likeness (QED) is 0.522. The summed E-state index contributed by atoms with van der Waals surface area (Å²) in [6.07, 6.45) is 2.81. The molecule has 2 aromatic rings. The fourth-order valence-corrected chi connectivity index (χ4v) is 1.44. The SMILES string of the molecule is Cc1cc(NN)c(C(=O)Nc2ncnn2C)cn1. The number of anilines is 2. The van der Waals surface area contributed by atoms with Crippen molar-refractivity contribution in [2.24, 2.45) is 12.9 Å². The van der Waals surface area contributed by atoms with Gasteiger partial charge < -0.3 is 5.43 Å². The first-order chi connectivity index (χ1) is 8.61. The molecule has 0 saturated heterocycles. The highest BCUT2D eigenvalue weighted by atomic mass is 16.1. The number of hydrogen-bond donors (Lipinski definition) is 3. The molecule has 94 valence electrons. The number of hydrogen-bond acceptors (Lipinski definition) is 6. The second-order valence-corrected chi connectivity index (χ2v) is 3.68. The number of hydrazine groups is 1. The Labute approximate surface area is 103 Å². The van der Waals surface area contributed by atoms with Crippen LogP contribution < -0.4 is 16.6 Å².